The van der Waals surface area contributed by atoms with Gasteiger partial charge in [0, 0.05) is 27.8 Å². The zero-order valence-electron chi connectivity index (χ0n) is 27.6. The number of carbonyl (C=O) groups is 1. The monoisotopic (exact) mass is 653 g/mol. The van der Waals surface area contributed by atoms with Crippen LogP contribution in [0, 0.1) is 0 Å². The lowest BCUT2D eigenvalue weighted by Gasteiger charge is -2.41. The number of fused-ring (bicyclic) bond motifs is 2. The second-order valence-corrected chi connectivity index (χ2v) is 12.7. The molecule has 240 valence electrons. The predicted molar refractivity (Wildman–Crippen MR) is 203 cm³/mol. The second-order valence-electron chi connectivity index (χ2n) is 12.7. The van der Waals surface area contributed by atoms with Crippen LogP contribution < -0.4 is 0 Å². The van der Waals surface area contributed by atoms with Gasteiger partial charge in [0.1, 0.15) is 0 Å². The molecule has 7 aromatic carbocycles. The Labute approximate surface area is 296 Å². The molecular formula is C47H31N3O. The van der Waals surface area contributed by atoms with Crippen LogP contribution in [-0.4, -0.2) is 20.7 Å². The van der Waals surface area contributed by atoms with Gasteiger partial charge in [-0.15, -0.1) is 0 Å². The molecule has 1 aliphatic rings. The van der Waals surface area contributed by atoms with Gasteiger partial charge in [0.05, 0.1) is 5.41 Å². The minimum Gasteiger partial charge on any atom is -0.289 e. The van der Waals surface area contributed by atoms with Crippen LogP contribution in [0.1, 0.15) is 38.2 Å². The Hall–Kier alpha value is -6.78. The third kappa shape index (κ3) is 5.08. The van der Waals surface area contributed by atoms with E-state index in [4.69, 9.17) is 15.0 Å². The standard InChI is InChI=1S/C47H31N3O/c51-43-39-27-15-16-28-41(39)47(35-21-9-3-10-22-35,36-23-11-4-12-24-36)42-30-29-34(31-40(42)43)37-25-13-14-26-38(37)46-49-44(32-17-5-1-6-18-32)48-45(50-46)33-19-7-2-8-20-33/h1-31H. The van der Waals surface area contributed by atoms with Crippen LogP contribution in [0.2, 0.25) is 0 Å². The summed E-state index contributed by atoms with van der Waals surface area (Å²) < 4.78 is 0. The topological polar surface area (TPSA) is 55.7 Å². The highest BCUT2D eigenvalue weighted by atomic mass is 16.1. The van der Waals surface area contributed by atoms with Gasteiger partial charge < -0.3 is 0 Å². The molecular weight excluding hydrogens is 623 g/mol. The summed E-state index contributed by atoms with van der Waals surface area (Å²) >= 11 is 0. The summed E-state index contributed by atoms with van der Waals surface area (Å²) in [4.78, 5) is 29.5. The molecule has 4 nitrogen and oxygen atoms in total. The van der Waals surface area contributed by atoms with E-state index in [9.17, 15) is 4.79 Å². The highest BCUT2D eigenvalue weighted by Crippen LogP contribution is 2.51. The maximum Gasteiger partial charge on any atom is 0.193 e. The molecule has 4 heteroatoms. The predicted octanol–water partition coefficient (Wildman–Crippen LogP) is 10.5. The number of hydrogen-bond donors (Lipinski definition) is 0. The Bertz CT molecular complexity index is 2430. The van der Waals surface area contributed by atoms with Crippen molar-refractivity contribution < 1.29 is 4.79 Å². The normalized spacial score (nSPS) is 12.9. The van der Waals surface area contributed by atoms with Gasteiger partial charge in [-0.25, -0.2) is 15.0 Å². The molecule has 0 saturated carbocycles. The summed E-state index contributed by atoms with van der Waals surface area (Å²) in [6.07, 6.45) is 0. The Morgan fingerprint density at radius 3 is 1.33 bits per heavy atom. The smallest absolute Gasteiger partial charge is 0.193 e. The van der Waals surface area contributed by atoms with Crippen molar-refractivity contribution in [2.75, 3.05) is 0 Å². The number of rotatable bonds is 6. The average Bonchev–Trinajstić information content (AvgIpc) is 3.22. The molecule has 0 bridgehead atoms. The van der Waals surface area contributed by atoms with E-state index >= 15 is 0 Å². The summed E-state index contributed by atoms with van der Waals surface area (Å²) in [6, 6.07) is 63.6. The summed E-state index contributed by atoms with van der Waals surface area (Å²) in [5.74, 6) is 1.78. The van der Waals surface area contributed by atoms with Gasteiger partial charge in [0.25, 0.3) is 0 Å². The van der Waals surface area contributed by atoms with Crippen molar-refractivity contribution >= 4 is 5.78 Å². The number of nitrogens with zero attached hydrogens (tertiary/aromatic N) is 3. The second kappa shape index (κ2) is 12.6. The van der Waals surface area contributed by atoms with E-state index in [2.05, 4.69) is 78.9 Å². The molecule has 0 atom stereocenters. The minimum absolute atomic E-state index is 0.0142. The first-order valence-corrected chi connectivity index (χ1v) is 17.1. The number of carbonyl (C=O) groups excluding carboxylic acids is 1. The number of aromatic nitrogens is 3. The molecule has 9 rings (SSSR count). The highest BCUT2D eigenvalue weighted by Gasteiger charge is 2.46. The molecule has 1 aromatic heterocycles. The van der Waals surface area contributed by atoms with Gasteiger partial charge in [-0.3, -0.25) is 4.79 Å². The van der Waals surface area contributed by atoms with E-state index in [-0.39, 0.29) is 5.78 Å². The van der Waals surface area contributed by atoms with Crippen molar-refractivity contribution in [1.82, 2.24) is 15.0 Å². The maximum absolute atomic E-state index is 14.6. The van der Waals surface area contributed by atoms with E-state index in [1.165, 1.54) is 0 Å². The molecule has 0 radical (unpaired) electrons. The Morgan fingerprint density at radius 2 is 0.765 bits per heavy atom. The van der Waals surface area contributed by atoms with Crippen LogP contribution in [0.15, 0.2) is 188 Å². The van der Waals surface area contributed by atoms with Gasteiger partial charge in [-0.1, -0.05) is 182 Å². The van der Waals surface area contributed by atoms with Crippen LogP contribution in [0.3, 0.4) is 0 Å². The highest BCUT2D eigenvalue weighted by molar-refractivity contribution is 6.14. The Balaban J connectivity index is 1.27. The van der Waals surface area contributed by atoms with E-state index in [1.54, 1.807) is 0 Å². The van der Waals surface area contributed by atoms with Crippen molar-refractivity contribution in [3.63, 3.8) is 0 Å². The lowest BCUT2D eigenvalue weighted by atomic mass is 9.59. The number of hydrogen-bond acceptors (Lipinski definition) is 4. The third-order valence-corrected chi connectivity index (χ3v) is 9.84. The zero-order valence-corrected chi connectivity index (χ0v) is 27.6. The first-order valence-electron chi connectivity index (χ1n) is 17.1. The van der Waals surface area contributed by atoms with Crippen molar-refractivity contribution in [1.29, 1.82) is 0 Å². The van der Waals surface area contributed by atoms with Crippen LogP contribution in [0.5, 0.6) is 0 Å². The van der Waals surface area contributed by atoms with Crippen molar-refractivity contribution in [3.05, 3.63) is 221 Å². The van der Waals surface area contributed by atoms with Crippen LogP contribution in [0.25, 0.3) is 45.3 Å². The van der Waals surface area contributed by atoms with E-state index in [1.807, 2.05) is 109 Å². The van der Waals surface area contributed by atoms with E-state index < -0.39 is 5.41 Å². The Morgan fingerprint density at radius 1 is 0.333 bits per heavy atom. The fourth-order valence-corrected chi connectivity index (χ4v) is 7.55. The largest absolute Gasteiger partial charge is 0.289 e. The van der Waals surface area contributed by atoms with Crippen molar-refractivity contribution in [3.8, 4) is 45.3 Å². The average molecular weight is 654 g/mol. The van der Waals surface area contributed by atoms with Gasteiger partial charge in [-0.2, -0.15) is 0 Å². The molecule has 8 aromatic rings. The van der Waals surface area contributed by atoms with Gasteiger partial charge in [0.2, 0.25) is 0 Å². The molecule has 0 N–H and O–H groups in total. The summed E-state index contributed by atoms with van der Waals surface area (Å²) in [5.41, 5.74) is 9.38. The van der Waals surface area contributed by atoms with Gasteiger partial charge >= 0.3 is 0 Å². The fourth-order valence-electron chi connectivity index (χ4n) is 7.55. The fraction of sp³-hybridized carbons (Fsp3) is 0.0213. The van der Waals surface area contributed by atoms with Gasteiger partial charge in [-0.05, 0) is 39.4 Å². The molecule has 0 saturated heterocycles. The molecule has 0 spiro atoms. The third-order valence-electron chi connectivity index (χ3n) is 9.84. The minimum atomic E-state index is -0.691. The van der Waals surface area contributed by atoms with Crippen molar-refractivity contribution in [2.24, 2.45) is 0 Å². The number of benzene rings is 7. The molecule has 0 aliphatic heterocycles. The molecule has 1 heterocycles. The summed E-state index contributed by atoms with van der Waals surface area (Å²) in [7, 11) is 0. The first-order chi connectivity index (χ1) is 25.2. The first kappa shape index (κ1) is 30.3. The van der Waals surface area contributed by atoms with Gasteiger partial charge in [0.15, 0.2) is 23.3 Å². The van der Waals surface area contributed by atoms with Crippen molar-refractivity contribution in [2.45, 2.75) is 5.41 Å². The van der Waals surface area contributed by atoms with Crippen LogP contribution in [-0.2, 0) is 5.41 Å². The van der Waals surface area contributed by atoms with E-state index in [0.717, 1.165) is 50.1 Å². The van der Waals surface area contributed by atoms with E-state index in [0.29, 0.717) is 28.6 Å². The zero-order chi connectivity index (χ0) is 34.2. The Kier molecular flexibility index (Phi) is 7.48. The quantitative estimate of drug-likeness (QED) is 0.179. The lowest BCUT2D eigenvalue weighted by molar-refractivity contribution is 0.103. The van der Waals surface area contributed by atoms with Crippen LogP contribution >= 0.6 is 0 Å². The molecule has 51 heavy (non-hydrogen) atoms. The SMILES string of the molecule is O=C1c2ccccc2C(c2ccccc2)(c2ccccc2)c2ccc(-c3ccccc3-c3nc(-c4ccccc4)nc(-c4ccccc4)n3)cc21. The molecule has 0 fully saturated rings. The summed E-state index contributed by atoms with van der Waals surface area (Å²) in [5, 5.41) is 0. The number of ketones is 1. The van der Waals surface area contributed by atoms with Crippen LogP contribution in [0.4, 0.5) is 0 Å². The molecule has 0 unspecified atom stereocenters. The maximum atomic E-state index is 14.6. The molecule has 1 aliphatic carbocycles. The lowest BCUT2D eigenvalue weighted by Crippen LogP contribution is -2.38. The summed E-state index contributed by atoms with van der Waals surface area (Å²) in [6.45, 7) is 0. The molecule has 0 amide bonds.